The lowest BCUT2D eigenvalue weighted by Crippen LogP contribution is -1.98. The van der Waals surface area contributed by atoms with Crippen molar-refractivity contribution >= 4 is 15.4 Å². The Morgan fingerprint density at radius 1 is 0.933 bits per heavy atom. The highest BCUT2D eigenvalue weighted by Crippen LogP contribution is 2.40. The summed E-state index contributed by atoms with van der Waals surface area (Å²) in [5.74, 6) is 0. The molecule has 0 aliphatic heterocycles. The van der Waals surface area contributed by atoms with Crippen molar-refractivity contribution in [1.82, 2.24) is 0 Å². The van der Waals surface area contributed by atoms with E-state index in [4.69, 9.17) is 19.6 Å². The second-order valence-corrected chi connectivity index (χ2v) is 6.73. The van der Waals surface area contributed by atoms with Crippen molar-refractivity contribution in [3.63, 3.8) is 0 Å². The zero-order chi connectivity index (χ0) is 12.9. The third-order valence-corrected chi connectivity index (χ3v) is 3.06. The van der Waals surface area contributed by atoms with Crippen molar-refractivity contribution in [3.8, 4) is 0 Å². The van der Waals surface area contributed by atoms with Crippen molar-refractivity contribution in [1.29, 1.82) is 0 Å². The Bertz CT molecular complexity index is 250. The van der Waals surface area contributed by atoms with Gasteiger partial charge < -0.3 is 19.6 Å². The van der Waals surface area contributed by atoms with E-state index in [1.165, 1.54) is 13.8 Å². The van der Waals surface area contributed by atoms with Crippen LogP contribution < -0.4 is 0 Å². The Hall–Kier alpha value is 0.260. The van der Waals surface area contributed by atoms with Crippen molar-refractivity contribution in [3.05, 3.63) is 0 Å². The summed E-state index contributed by atoms with van der Waals surface area (Å²) in [6, 6.07) is 0. The maximum absolute atomic E-state index is 10.0. The van der Waals surface area contributed by atoms with Gasteiger partial charge in [0.1, 0.15) is 0 Å². The maximum atomic E-state index is 10.0. The van der Waals surface area contributed by atoms with Crippen LogP contribution in [0.1, 0.15) is 27.7 Å². The fourth-order valence-electron chi connectivity index (χ4n) is 0.275. The van der Waals surface area contributed by atoms with Gasteiger partial charge >= 0.3 is 15.4 Å². The van der Waals surface area contributed by atoms with Crippen LogP contribution in [0.25, 0.3) is 0 Å². The molecular formula is C6H18O7P2. The highest BCUT2D eigenvalue weighted by molar-refractivity contribution is 7.52. The Morgan fingerprint density at radius 3 is 1.20 bits per heavy atom. The van der Waals surface area contributed by atoms with Gasteiger partial charge in [-0.2, -0.15) is 0 Å². The Morgan fingerprint density at radius 2 is 1.20 bits per heavy atom. The first-order chi connectivity index (χ1) is 6.36. The van der Waals surface area contributed by atoms with E-state index < -0.39 is 27.2 Å². The number of hydrogen-bond donors (Lipinski definition) is 4. The normalized spacial score (nSPS) is 12.7. The standard InChI is InChI=1S/C3H9O4P.C3H9O3P/c1-3(2)7-8(4,5)6;1-3(2)7(4,5)6/h3H,1-2H3,(H2,4,5,6);3H,1-2H3,(H2,4,5,6). The van der Waals surface area contributed by atoms with E-state index in [1.54, 1.807) is 13.8 Å². The van der Waals surface area contributed by atoms with Gasteiger partial charge in [-0.3, -0.25) is 9.09 Å². The van der Waals surface area contributed by atoms with E-state index in [-0.39, 0.29) is 0 Å². The molecule has 0 radical (unpaired) electrons. The van der Waals surface area contributed by atoms with Crippen molar-refractivity contribution < 1.29 is 33.2 Å². The van der Waals surface area contributed by atoms with Gasteiger partial charge in [0.15, 0.2) is 0 Å². The Kier molecular flexibility index (Phi) is 7.95. The second-order valence-electron chi connectivity index (χ2n) is 3.33. The van der Waals surface area contributed by atoms with E-state index in [0.29, 0.717) is 0 Å². The lowest BCUT2D eigenvalue weighted by Gasteiger charge is -2.06. The molecule has 0 aromatic carbocycles. The smallest absolute Gasteiger partial charge is 0.324 e. The minimum Gasteiger partial charge on any atom is -0.324 e. The quantitative estimate of drug-likeness (QED) is 0.562. The molecule has 0 saturated carbocycles. The van der Waals surface area contributed by atoms with E-state index in [0.717, 1.165) is 0 Å². The fraction of sp³-hybridized carbons (Fsp3) is 1.00. The molecule has 0 aromatic rings. The summed E-state index contributed by atoms with van der Waals surface area (Å²) in [5.41, 5.74) is -0.535. The number of rotatable bonds is 3. The van der Waals surface area contributed by atoms with E-state index >= 15 is 0 Å². The first kappa shape index (κ1) is 17.6. The van der Waals surface area contributed by atoms with Crippen LogP contribution in [0.3, 0.4) is 0 Å². The van der Waals surface area contributed by atoms with E-state index in [2.05, 4.69) is 4.52 Å². The monoisotopic (exact) mass is 264 g/mol. The fourth-order valence-corrected chi connectivity index (χ4v) is 0.824. The van der Waals surface area contributed by atoms with Gasteiger partial charge in [0.25, 0.3) is 0 Å². The van der Waals surface area contributed by atoms with Crippen LogP contribution >= 0.6 is 15.4 Å². The van der Waals surface area contributed by atoms with Gasteiger partial charge in [-0.1, -0.05) is 13.8 Å². The molecule has 0 heterocycles. The molecule has 7 nitrogen and oxygen atoms in total. The first-order valence-corrected chi connectivity index (χ1v) is 7.36. The summed E-state index contributed by atoms with van der Waals surface area (Å²) in [7, 11) is -7.96. The average molecular weight is 264 g/mol. The molecule has 0 aliphatic rings. The van der Waals surface area contributed by atoms with E-state index in [9.17, 15) is 9.13 Å². The zero-order valence-corrected chi connectivity index (χ0v) is 10.9. The summed E-state index contributed by atoms with van der Waals surface area (Å²) in [5, 5.41) is 0. The lowest BCUT2D eigenvalue weighted by molar-refractivity contribution is 0.156. The minimum atomic E-state index is -4.22. The SMILES string of the molecule is CC(C)OP(=O)(O)O.CC(C)P(=O)(O)O. The van der Waals surface area contributed by atoms with Crippen LogP contribution in [0.2, 0.25) is 0 Å². The first-order valence-electron chi connectivity index (χ1n) is 4.15. The highest BCUT2D eigenvalue weighted by Gasteiger charge is 2.17. The molecule has 0 spiro atoms. The maximum Gasteiger partial charge on any atom is 0.469 e. The van der Waals surface area contributed by atoms with Gasteiger partial charge in [0.2, 0.25) is 0 Å². The summed E-state index contributed by atoms with van der Waals surface area (Å²) >= 11 is 0. The predicted molar refractivity (Wildman–Crippen MR) is 55.4 cm³/mol. The summed E-state index contributed by atoms with van der Waals surface area (Å²) in [6.07, 6.45) is -0.421. The van der Waals surface area contributed by atoms with Crippen LogP contribution in [0, 0.1) is 0 Å². The Balaban J connectivity index is 0. The van der Waals surface area contributed by atoms with Gasteiger partial charge in [-0.25, -0.2) is 4.57 Å². The summed E-state index contributed by atoms with van der Waals surface area (Å²) in [4.78, 5) is 32.6. The number of phosphoric ester groups is 1. The van der Waals surface area contributed by atoms with Crippen LogP contribution in [0.15, 0.2) is 0 Å². The second kappa shape index (κ2) is 6.76. The molecule has 9 heteroatoms. The summed E-state index contributed by atoms with van der Waals surface area (Å²) < 4.78 is 24.0. The predicted octanol–water partition coefficient (Wildman–Crippen LogP) is 1.08. The molecule has 94 valence electrons. The zero-order valence-electron chi connectivity index (χ0n) is 9.06. The molecule has 0 rings (SSSR count). The van der Waals surface area contributed by atoms with Crippen LogP contribution in [-0.4, -0.2) is 31.3 Å². The highest BCUT2D eigenvalue weighted by atomic mass is 31.2. The summed E-state index contributed by atoms with van der Waals surface area (Å²) in [6.45, 7) is 6.08. The molecule has 15 heavy (non-hydrogen) atoms. The number of phosphoric acid groups is 1. The molecule has 0 fully saturated rings. The third-order valence-electron chi connectivity index (χ3n) is 1.02. The molecule has 0 aromatic heterocycles. The largest absolute Gasteiger partial charge is 0.469 e. The van der Waals surface area contributed by atoms with Crippen LogP contribution in [-0.2, 0) is 13.7 Å². The lowest BCUT2D eigenvalue weighted by atomic mass is 10.5. The van der Waals surface area contributed by atoms with Gasteiger partial charge in [-0.15, -0.1) is 0 Å². The van der Waals surface area contributed by atoms with E-state index in [1.807, 2.05) is 0 Å². The molecule has 0 amide bonds. The van der Waals surface area contributed by atoms with Crippen molar-refractivity contribution in [2.45, 2.75) is 39.5 Å². The Labute approximate surface area is 88.9 Å². The molecule has 0 unspecified atom stereocenters. The van der Waals surface area contributed by atoms with Gasteiger partial charge in [0.05, 0.1) is 11.8 Å². The molecule has 0 aliphatic carbocycles. The molecule has 4 N–H and O–H groups in total. The topological polar surface area (TPSA) is 124 Å². The van der Waals surface area contributed by atoms with Crippen molar-refractivity contribution in [2.24, 2.45) is 0 Å². The molecular weight excluding hydrogens is 246 g/mol. The molecule has 0 saturated heterocycles. The average Bonchev–Trinajstić information content (AvgIpc) is 1.78. The van der Waals surface area contributed by atoms with Gasteiger partial charge in [-0.05, 0) is 13.8 Å². The minimum absolute atomic E-state index is 0.421. The molecule has 0 atom stereocenters. The van der Waals surface area contributed by atoms with Crippen LogP contribution in [0.4, 0.5) is 0 Å². The van der Waals surface area contributed by atoms with Crippen molar-refractivity contribution in [2.75, 3.05) is 0 Å². The van der Waals surface area contributed by atoms with Crippen LogP contribution in [0.5, 0.6) is 0 Å². The van der Waals surface area contributed by atoms with Gasteiger partial charge in [0, 0.05) is 0 Å². The molecule has 0 bridgehead atoms. The number of hydrogen-bond acceptors (Lipinski definition) is 3. The third kappa shape index (κ3) is 16.9.